The molecule has 2 fully saturated rings. The molecule has 5 rings (SSSR count). The summed E-state index contributed by atoms with van der Waals surface area (Å²) in [6.45, 7) is 3.35. The van der Waals surface area contributed by atoms with Crippen LogP contribution < -0.4 is 14.8 Å². The van der Waals surface area contributed by atoms with Crippen LogP contribution in [-0.4, -0.2) is 59.1 Å². The Hall–Kier alpha value is -3.20. The Balaban J connectivity index is 1.37. The number of carbonyl (C=O) groups excluding carboxylic acids is 1. The van der Waals surface area contributed by atoms with Crippen LogP contribution in [0.2, 0.25) is 0 Å². The van der Waals surface area contributed by atoms with Crippen molar-refractivity contribution in [2.45, 2.75) is 44.6 Å². The standard InChI is InChI=1S/C25H29N5O3S/c1-15-6-4-7-17(12-15)22-21(29-23(34-22)16-9-10-16)24(31)30-11-5-8-18(14-30)26-25-27-19(32-2)13-20(28-25)33-3/h4,6-7,12-13,16,18H,5,8-11,14H2,1-3H3,(H,26,27,28)/t18-/m1/s1. The second kappa shape index (κ2) is 9.58. The predicted molar refractivity (Wildman–Crippen MR) is 132 cm³/mol. The largest absolute Gasteiger partial charge is 0.481 e. The van der Waals surface area contributed by atoms with E-state index in [0.29, 0.717) is 42.4 Å². The Bertz CT molecular complexity index is 1170. The Labute approximate surface area is 203 Å². The lowest BCUT2D eigenvalue weighted by Gasteiger charge is -2.33. The van der Waals surface area contributed by atoms with Crippen LogP contribution >= 0.6 is 11.3 Å². The predicted octanol–water partition coefficient (Wildman–Crippen LogP) is 4.52. The minimum atomic E-state index is -0.00435. The highest BCUT2D eigenvalue weighted by Crippen LogP contribution is 2.45. The Morgan fingerprint density at radius 3 is 2.53 bits per heavy atom. The van der Waals surface area contributed by atoms with Gasteiger partial charge in [0.05, 0.1) is 30.2 Å². The van der Waals surface area contributed by atoms with E-state index in [1.165, 1.54) is 5.56 Å². The molecule has 3 heterocycles. The van der Waals surface area contributed by atoms with Gasteiger partial charge in [0.15, 0.2) is 0 Å². The molecule has 1 aliphatic heterocycles. The van der Waals surface area contributed by atoms with Crippen LogP contribution in [0.3, 0.4) is 0 Å². The number of hydrogen-bond acceptors (Lipinski definition) is 8. The van der Waals surface area contributed by atoms with Crippen LogP contribution in [0, 0.1) is 6.92 Å². The van der Waals surface area contributed by atoms with Gasteiger partial charge in [0, 0.05) is 25.0 Å². The van der Waals surface area contributed by atoms with Crippen molar-refractivity contribution in [1.29, 1.82) is 0 Å². The van der Waals surface area contributed by atoms with Gasteiger partial charge in [-0.1, -0.05) is 29.8 Å². The summed E-state index contributed by atoms with van der Waals surface area (Å²) in [6, 6.07) is 9.98. The maximum atomic E-state index is 13.7. The molecule has 1 N–H and O–H groups in total. The fourth-order valence-electron chi connectivity index (χ4n) is 4.26. The van der Waals surface area contributed by atoms with Crippen molar-refractivity contribution >= 4 is 23.2 Å². The summed E-state index contributed by atoms with van der Waals surface area (Å²) in [5, 5.41) is 4.45. The van der Waals surface area contributed by atoms with Crippen molar-refractivity contribution in [3.63, 3.8) is 0 Å². The van der Waals surface area contributed by atoms with E-state index in [9.17, 15) is 4.79 Å². The molecule has 8 nitrogen and oxygen atoms in total. The summed E-state index contributed by atoms with van der Waals surface area (Å²) in [6.07, 6.45) is 4.13. The number of carbonyl (C=O) groups is 1. The SMILES string of the molecule is COc1cc(OC)nc(N[C@@H]2CCCN(C(=O)c3nc(C4CC4)sc3-c3cccc(C)c3)C2)n1. The number of aromatic nitrogens is 3. The molecule has 1 aliphatic carbocycles. The van der Waals surface area contributed by atoms with E-state index in [1.807, 2.05) is 11.0 Å². The lowest BCUT2D eigenvalue weighted by Crippen LogP contribution is -2.45. The third-order valence-electron chi connectivity index (χ3n) is 6.19. The Kier molecular flexibility index (Phi) is 6.36. The second-order valence-electron chi connectivity index (χ2n) is 8.88. The minimum Gasteiger partial charge on any atom is -0.481 e. The molecule has 178 valence electrons. The lowest BCUT2D eigenvalue weighted by atomic mass is 10.0. The summed E-state index contributed by atoms with van der Waals surface area (Å²) in [4.78, 5) is 30.2. The van der Waals surface area contributed by atoms with Gasteiger partial charge in [-0.15, -0.1) is 11.3 Å². The molecule has 0 radical (unpaired) electrons. The first-order valence-corrected chi connectivity index (χ1v) is 12.5. The normalized spacial score (nSPS) is 18.0. The van der Waals surface area contributed by atoms with Crippen molar-refractivity contribution in [3.8, 4) is 22.2 Å². The number of ether oxygens (including phenoxy) is 2. The molecule has 34 heavy (non-hydrogen) atoms. The highest BCUT2D eigenvalue weighted by atomic mass is 32.1. The maximum Gasteiger partial charge on any atom is 0.274 e. The first-order valence-electron chi connectivity index (χ1n) is 11.6. The molecule has 1 saturated carbocycles. The molecular weight excluding hydrogens is 450 g/mol. The summed E-state index contributed by atoms with van der Waals surface area (Å²) in [5.74, 6) is 1.79. The summed E-state index contributed by atoms with van der Waals surface area (Å²) >= 11 is 1.67. The quantitative estimate of drug-likeness (QED) is 0.533. The van der Waals surface area contributed by atoms with Crippen molar-refractivity contribution < 1.29 is 14.3 Å². The van der Waals surface area contributed by atoms with Gasteiger partial charge in [-0.3, -0.25) is 4.79 Å². The average molecular weight is 480 g/mol. The molecule has 1 amide bonds. The van der Waals surface area contributed by atoms with Gasteiger partial charge in [-0.05, 0) is 38.2 Å². The smallest absolute Gasteiger partial charge is 0.274 e. The van der Waals surface area contributed by atoms with Crippen LogP contribution in [0.5, 0.6) is 11.8 Å². The van der Waals surface area contributed by atoms with E-state index < -0.39 is 0 Å². The van der Waals surface area contributed by atoms with Gasteiger partial charge in [0.1, 0.15) is 5.69 Å². The Morgan fingerprint density at radius 1 is 1.09 bits per heavy atom. The molecule has 0 spiro atoms. The van der Waals surface area contributed by atoms with Gasteiger partial charge in [-0.2, -0.15) is 9.97 Å². The fourth-order valence-corrected chi connectivity index (χ4v) is 5.48. The van der Waals surface area contributed by atoms with Gasteiger partial charge in [-0.25, -0.2) is 4.98 Å². The van der Waals surface area contributed by atoms with Crippen LogP contribution in [0.25, 0.3) is 10.4 Å². The van der Waals surface area contributed by atoms with Gasteiger partial charge in [0.2, 0.25) is 17.7 Å². The van der Waals surface area contributed by atoms with Crippen molar-refractivity contribution in [2.75, 3.05) is 32.6 Å². The third-order valence-corrected chi connectivity index (χ3v) is 7.46. The first-order chi connectivity index (χ1) is 16.5. The number of nitrogens with zero attached hydrogens (tertiary/aromatic N) is 4. The zero-order valence-corrected chi connectivity index (χ0v) is 20.5. The van der Waals surface area contributed by atoms with Crippen LogP contribution in [0.4, 0.5) is 5.95 Å². The molecule has 2 aliphatic rings. The molecule has 9 heteroatoms. The number of methoxy groups -OCH3 is 2. The highest BCUT2D eigenvalue weighted by molar-refractivity contribution is 7.15. The number of nitrogens with one attached hydrogen (secondary N) is 1. The minimum absolute atomic E-state index is 0.00435. The number of amides is 1. The lowest BCUT2D eigenvalue weighted by molar-refractivity contribution is 0.0710. The van der Waals surface area contributed by atoms with Crippen molar-refractivity contribution in [3.05, 3.63) is 46.6 Å². The van der Waals surface area contributed by atoms with E-state index in [1.54, 1.807) is 31.6 Å². The summed E-state index contributed by atoms with van der Waals surface area (Å²) in [5.41, 5.74) is 2.82. The molecule has 2 aromatic heterocycles. The molecule has 1 saturated heterocycles. The molecule has 3 aromatic rings. The zero-order valence-electron chi connectivity index (χ0n) is 19.7. The second-order valence-corrected chi connectivity index (χ2v) is 9.92. The number of aryl methyl sites for hydroxylation is 1. The van der Waals surface area contributed by atoms with Crippen molar-refractivity contribution in [2.24, 2.45) is 0 Å². The number of hydrogen-bond donors (Lipinski definition) is 1. The van der Waals surface area contributed by atoms with E-state index in [2.05, 4.69) is 40.4 Å². The number of likely N-dealkylation sites (tertiary alicyclic amines) is 1. The number of anilines is 1. The van der Waals surface area contributed by atoms with Gasteiger partial charge >= 0.3 is 0 Å². The molecule has 1 atom stereocenters. The Morgan fingerprint density at radius 2 is 1.85 bits per heavy atom. The molecule has 0 unspecified atom stereocenters. The molecule has 1 aromatic carbocycles. The topological polar surface area (TPSA) is 89.5 Å². The number of piperidine rings is 1. The summed E-state index contributed by atoms with van der Waals surface area (Å²) < 4.78 is 10.5. The maximum absolute atomic E-state index is 13.7. The zero-order chi connectivity index (χ0) is 23.7. The first kappa shape index (κ1) is 22.6. The number of rotatable bonds is 7. The summed E-state index contributed by atoms with van der Waals surface area (Å²) in [7, 11) is 3.12. The van der Waals surface area contributed by atoms with Crippen LogP contribution in [0.15, 0.2) is 30.3 Å². The van der Waals surface area contributed by atoms with E-state index in [4.69, 9.17) is 14.5 Å². The van der Waals surface area contributed by atoms with Crippen LogP contribution in [-0.2, 0) is 0 Å². The molecular formula is C25H29N5O3S. The van der Waals surface area contributed by atoms with E-state index in [-0.39, 0.29) is 11.9 Å². The van der Waals surface area contributed by atoms with Gasteiger partial charge in [0.25, 0.3) is 5.91 Å². The third kappa shape index (κ3) is 4.84. The average Bonchev–Trinajstić information content (AvgIpc) is 3.61. The highest BCUT2D eigenvalue weighted by Gasteiger charge is 2.33. The van der Waals surface area contributed by atoms with E-state index in [0.717, 1.165) is 41.1 Å². The van der Waals surface area contributed by atoms with Crippen LogP contribution in [0.1, 0.15) is 52.7 Å². The monoisotopic (exact) mass is 479 g/mol. The molecule has 0 bridgehead atoms. The fraction of sp³-hybridized carbons (Fsp3) is 0.440. The van der Waals surface area contributed by atoms with E-state index >= 15 is 0 Å². The number of thiazole rings is 1. The van der Waals surface area contributed by atoms with Crippen molar-refractivity contribution in [1.82, 2.24) is 19.9 Å². The van der Waals surface area contributed by atoms with Gasteiger partial charge < -0.3 is 19.7 Å². The number of benzene rings is 1.